The number of methoxy groups -OCH3 is 1. The third kappa shape index (κ3) is 3.08. The molecule has 0 aromatic heterocycles. The molecule has 2 aromatic rings. The Morgan fingerprint density at radius 2 is 1.71 bits per heavy atom. The largest absolute Gasteiger partial charge is 0.497 e. The van der Waals surface area contributed by atoms with E-state index in [1.807, 2.05) is 4.90 Å². The van der Waals surface area contributed by atoms with Crippen LogP contribution in [0.25, 0.3) is 0 Å². The molecule has 1 aliphatic heterocycles. The number of benzene rings is 2. The molecule has 0 saturated carbocycles. The molecular weight excluding hydrogens is 308 g/mol. The van der Waals surface area contributed by atoms with E-state index in [4.69, 9.17) is 4.74 Å². The molecule has 0 bridgehead atoms. The van der Waals surface area contributed by atoms with Crippen molar-refractivity contribution in [1.82, 2.24) is 0 Å². The fourth-order valence-corrected chi connectivity index (χ4v) is 2.95. The van der Waals surface area contributed by atoms with E-state index in [2.05, 4.69) is 0 Å². The summed E-state index contributed by atoms with van der Waals surface area (Å²) in [5.74, 6) is 0.413. The van der Waals surface area contributed by atoms with Gasteiger partial charge in [-0.05, 0) is 49.2 Å². The van der Waals surface area contributed by atoms with Crippen molar-refractivity contribution in [1.29, 1.82) is 0 Å². The second kappa shape index (κ2) is 6.70. The topological polar surface area (TPSA) is 72.7 Å². The molecule has 2 aromatic carbocycles. The van der Waals surface area contributed by atoms with Gasteiger partial charge in [0.1, 0.15) is 11.4 Å². The number of nitro groups is 1. The molecule has 124 valence electrons. The van der Waals surface area contributed by atoms with Crippen molar-refractivity contribution in [3.05, 3.63) is 63.7 Å². The van der Waals surface area contributed by atoms with Crippen LogP contribution in [-0.4, -0.2) is 30.9 Å². The molecule has 0 amide bonds. The van der Waals surface area contributed by atoms with Crippen LogP contribution in [0.3, 0.4) is 0 Å². The predicted octanol–water partition coefficient (Wildman–Crippen LogP) is 3.43. The Labute approximate surface area is 139 Å². The third-order valence-electron chi connectivity index (χ3n) is 4.23. The van der Waals surface area contributed by atoms with Gasteiger partial charge in [-0.3, -0.25) is 14.9 Å². The van der Waals surface area contributed by atoms with Crippen LogP contribution in [0.5, 0.6) is 5.75 Å². The minimum absolute atomic E-state index is 0.0174. The first kappa shape index (κ1) is 16.0. The minimum atomic E-state index is -0.418. The number of anilines is 1. The molecule has 0 N–H and O–H groups in total. The maximum atomic E-state index is 12.6. The number of ketones is 1. The van der Waals surface area contributed by atoms with Gasteiger partial charge in [-0.2, -0.15) is 0 Å². The smallest absolute Gasteiger partial charge is 0.293 e. The van der Waals surface area contributed by atoms with Gasteiger partial charge >= 0.3 is 0 Å². The lowest BCUT2D eigenvalue weighted by Crippen LogP contribution is -2.19. The number of rotatable bonds is 5. The van der Waals surface area contributed by atoms with E-state index in [9.17, 15) is 14.9 Å². The number of nitrogens with zero attached hydrogens (tertiary/aromatic N) is 2. The maximum absolute atomic E-state index is 12.6. The molecular formula is C18H18N2O4. The highest BCUT2D eigenvalue weighted by molar-refractivity contribution is 6.09. The van der Waals surface area contributed by atoms with Crippen LogP contribution in [0, 0.1) is 10.1 Å². The summed E-state index contributed by atoms with van der Waals surface area (Å²) in [7, 11) is 1.55. The van der Waals surface area contributed by atoms with Gasteiger partial charge in [-0.25, -0.2) is 0 Å². The first-order valence-electron chi connectivity index (χ1n) is 7.82. The minimum Gasteiger partial charge on any atom is -0.497 e. The molecule has 0 unspecified atom stereocenters. The number of carbonyl (C=O) groups excluding carboxylic acids is 1. The van der Waals surface area contributed by atoms with Crippen LogP contribution in [-0.2, 0) is 0 Å². The van der Waals surface area contributed by atoms with E-state index in [1.165, 1.54) is 6.07 Å². The van der Waals surface area contributed by atoms with Crippen molar-refractivity contribution >= 4 is 17.2 Å². The number of carbonyl (C=O) groups is 1. The standard InChI is InChI=1S/C18H18N2O4/c1-24-15-7-4-13(5-8-15)18(21)14-6-9-16(17(12-14)20(22)23)19-10-2-3-11-19/h4-9,12H,2-3,10-11H2,1H3. The Morgan fingerprint density at radius 1 is 1.08 bits per heavy atom. The Hall–Kier alpha value is -2.89. The molecule has 1 fully saturated rings. The Morgan fingerprint density at radius 3 is 2.29 bits per heavy atom. The molecule has 6 heteroatoms. The SMILES string of the molecule is COc1ccc(C(=O)c2ccc(N3CCCC3)c([N+](=O)[O-])c2)cc1. The van der Waals surface area contributed by atoms with Crippen LogP contribution in [0.2, 0.25) is 0 Å². The number of hydrogen-bond acceptors (Lipinski definition) is 5. The van der Waals surface area contributed by atoms with Crippen LogP contribution < -0.4 is 9.64 Å². The summed E-state index contributed by atoms with van der Waals surface area (Å²) in [6.07, 6.45) is 2.06. The average molecular weight is 326 g/mol. The Bertz CT molecular complexity index is 765. The van der Waals surface area contributed by atoms with Crippen molar-refractivity contribution in [2.24, 2.45) is 0 Å². The van der Waals surface area contributed by atoms with Gasteiger partial charge in [0.05, 0.1) is 12.0 Å². The second-order valence-corrected chi connectivity index (χ2v) is 5.71. The van der Waals surface area contributed by atoms with Gasteiger partial charge in [-0.1, -0.05) is 0 Å². The van der Waals surface area contributed by atoms with Crippen molar-refractivity contribution in [3.63, 3.8) is 0 Å². The van der Waals surface area contributed by atoms with E-state index < -0.39 is 4.92 Å². The summed E-state index contributed by atoms with van der Waals surface area (Å²) in [5.41, 5.74) is 1.36. The molecule has 0 spiro atoms. The Kier molecular flexibility index (Phi) is 4.46. The molecule has 3 rings (SSSR count). The van der Waals surface area contributed by atoms with Crippen molar-refractivity contribution in [3.8, 4) is 5.75 Å². The van der Waals surface area contributed by atoms with E-state index in [0.29, 0.717) is 22.6 Å². The number of hydrogen-bond donors (Lipinski definition) is 0. The van der Waals surface area contributed by atoms with Gasteiger partial charge in [0.15, 0.2) is 5.78 Å². The quantitative estimate of drug-likeness (QED) is 0.478. The normalized spacial score (nSPS) is 13.8. The van der Waals surface area contributed by atoms with Crippen LogP contribution in [0.4, 0.5) is 11.4 Å². The van der Waals surface area contributed by atoms with Crippen LogP contribution in [0.15, 0.2) is 42.5 Å². The molecule has 0 aliphatic carbocycles. The van der Waals surface area contributed by atoms with E-state index in [0.717, 1.165) is 25.9 Å². The van der Waals surface area contributed by atoms with Crippen LogP contribution in [0.1, 0.15) is 28.8 Å². The highest BCUT2D eigenvalue weighted by atomic mass is 16.6. The van der Waals surface area contributed by atoms with Crippen molar-refractivity contribution < 1.29 is 14.5 Å². The van der Waals surface area contributed by atoms with Gasteiger partial charge < -0.3 is 9.64 Å². The zero-order valence-electron chi connectivity index (χ0n) is 13.4. The Balaban J connectivity index is 1.94. The van der Waals surface area contributed by atoms with E-state index in [-0.39, 0.29) is 11.5 Å². The summed E-state index contributed by atoms with van der Waals surface area (Å²) in [4.78, 5) is 25.6. The maximum Gasteiger partial charge on any atom is 0.293 e. The van der Waals surface area contributed by atoms with Gasteiger partial charge in [0.2, 0.25) is 0 Å². The summed E-state index contributed by atoms with van der Waals surface area (Å²) in [6, 6.07) is 11.4. The zero-order valence-corrected chi connectivity index (χ0v) is 13.4. The van der Waals surface area contributed by atoms with Gasteiger partial charge in [0, 0.05) is 30.3 Å². The average Bonchev–Trinajstić information content (AvgIpc) is 3.15. The second-order valence-electron chi connectivity index (χ2n) is 5.71. The highest BCUT2D eigenvalue weighted by Crippen LogP contribution is 2.32. The third-order valence-corrected chi connectivity index (χ3v) is 4.23. The molecule has 0 atom stereocenters. The fourth-order valence-electron chi connectivity index (χ4n) is 2.95. The van der Waals surface area contributed by atoms with Crippen molar-refractivity contribution in [2.75, 3.05) is 25.1 Å². The van der Waals surface area contributed by atoms with E-state index >= 15 is 0 Å². The van der Waals surface area contributed by atoms with Gasteiger partial charge in [-0.15, -0.1) is 0 Å². The highest BCUT2D eigenvalue weighted by Gasteiger charge is 2.24. The molecule has 6 nitrogen and oxygen atoms in total. The van der Waals surface area contributed by atoms with Crippen molar-refractivity contribution in [2.45, 2.75) is 12.8 Å². The first-order chi connectivity index (χ1) is 11.6. The summed E-state index contributed by atoms with van der Waals surface area (Å²) in [6.45, 7) is 1.62. The number of ether oxygens (including phenoxy) is 1. The summed E-state index contributed by atoms with van der Waals surface area (Å²) >= 11 is 0. The summed E-state index contributed by atoms with van der Waals surface area (Å²) < 4.78 is 5.07. The fraction of sp³-hybridized carbons (Fsp3) is 0.278. The van der Waals surface area contributed by atoms with E-state index in [1.54, 1.807) is 43.5 Å². The number of nitro benzene ring substituents is 1. The predicted molar refractivity (Wildman–Crippen MR) is 91.0 cm³/mol. The zero-order chi connectivity index (χ0) is 17.1. The molecule has 1 heterocycles. The molecule has 1 saturated heterocycles. The summed E-state index contributed by atoms with van der Waals surface area (Å²) in [5, 5.41) is 11.4. The molecule has 1 aliphatic rings. The lowest BCUT2D eigenvalue weighted by molar-refractivity contribution is -0.384. The molecule has 0 radical (unpaired) electrons. The lowest BCUT2D eigenvalue weighted by Gasteiger charge is -2.17. The lowest BCUT2D eigenvalue weighted by atomic mass is 10.0. The first-order valence-corrected chi connectivity index (χ1v) is 7.82. The monoisotopic (exact) mass is 326 g/mol. The van der Waals surface area contributed by atoms with Gasteiger partial charge in [0.25, 0.3) is 5.69 Å². The van der Waals surface area contributed by atoms with Crippen LogP contribution >= 0.6 is 0 Å². The molecule has 24 heavy (non-hydrogen) atoms.